The molecule has 3 heterocycles. The minimum Gasteiger partial charge on any atom is -0.472 e. The Bertz CT molecular complexity index is 1770. The highest BCUT2D eigenvalue weighted by Gasteiger charge is 2.62. The van der Waals surface area contributed by atoms with E-state index in [1.165, 1.54) is 17.3 Å². The predicted octanol–water partition coefficient (Wildman–Crippen LogP) is 2.51. The van der Waals surface area contributed by atoms with Gasteiger partial charge in [-0.1, -0.05) is 32.9 Å². The number of nitrogens with zero attached hydrogens (tertiary/aromatic N) is 3. The van der Waals surface area contributed by atoms with Crippen molar-refractivity contribution in [2.24, 2.45) is 11.3 Å². The molecule has 1 aromatic carbocycles. The molecule has 0 radical (unpaired) electrons. The molecule has 2 aromatic rings. The van der Waals surface area contributed by atoms with Gasteiger partial charge < -0.3 is 25.0 Å². The van der Waals surface area contributed by atoms with Crippen molar-refractivity contribution in [1.82, 2.24) is 30.2 Å². The van der Waals surface area contributed by atoms with E-state index < -0.39 is 74.1 Å². The maximum Gasteiger partial charge on any atom is 0.407 e. The Labute approximate surface area is 285 Å². The monoisotopic (exact) mass is 696 g/mol. The van der Waals surface area contributed by atoms with Gasteiger partial charge in [0, 0.05) is 12.3 Å². The Morgan fingerprint density at radius 3 is 2.61 bits per heavy atom. The summed E-state index contributed by atoms with van der Waals surface area (Å²) in [4.78, 5) is 65.0. The van der Waals surface area contributed by atoms with E-state index >= 15 is 0 Å². The van der Waals surface area contributed by atoms with Gasteiger partial charge in [0.15, 0.2) is 0 Å². The number of nitrogens with one attached hydrogen (secondary N) is 3. The van der Waals surface area contributed by atoms with Crippen molar-refractivity contribution in [2.75, 3.05) is 13.2 Å². The van der Waals surface area contributed by atoms with Gasteiger partial charge in [-0.15, -0.1) is 6.58 Å². The minimum absolute atomic E-state index is 0.0223. The van der Waals surface area contributed by atoms with Crippen LogP contribution in [0.25, 0.3) is 10.9 Å². The predicted molar refractivity (Wildman–Crippen MR) is 179 cm³/mol. The standard InChI is InChI=1S/C34H44N6O8S/c1-5-21-17-34(21,31(43)39-49(45,46)23-11-12-23)38-28(41)26-16-22-18-40(26)30(42)27(33(2,3)4)37-32(44)47-14-8-6-7-9-20-10-13-25-24(15-20)29(48-22)36-19-35-25/h5,10,13,15,19,21-23,26-27H,1,6-9,11-12,14,16-18H2,2-4H3,(H,37,44)(H,38,41)(H,39,43)/t21-,22+,26-,27+,34+/m0/s1. The smallest absolute Gasteiger partial charge is 0.407 e. The van der Waals surface area contributed by atoms with Crippen molar-refractivity contribution < 1.29 is 37.1 Å². The van der Waals surface area contributed by atoms with E-state index in [0.717, 1.165) is 24.8 Å². The largest absolute Gasteiger partial charge is 0.472 e. The van der Waals surface area contributed by atoms with Gasteiger partial charge in [-0.25, -0.2) is 23.2 Å². The molecule has 3 fully saturated rings. The molecule has 2 aliphatic carbocycles. The van der Waals surface area contributed by atoms with Crippen LogP contribution < -0.4 is 20.1 Å². The molecule has 2 aliphatic heterocycles. The number of aromatic nitrogens is 2. The fourth-order valence-corrected chi connectivity index (χ4v) is 7.99. The number of alkyl carbamates (subject to hydrolysis) is 1. The SMILES string of the molecule is C=C[C@H]1C[C@]1(NC(=O)[C@@H]1C[C@@H]2CN1C(=O)[C@H](C(C)(C)C)NC(=O)OCCCCCc1ccc3ncnc(c3c1)O2)C(=O)NS(=O)(=O)C1CC1. The maximum absolute atomic E-state index is 14.4. The number of carbonyl (C=O) groups excluding carboxylic acids is 4. The lowest BCUT2D eigenvalue weighted by Gasteiger charge is -2.35. The van der Waals surface area contributed by atoms with Crippen molar-refractivity contribution in [3.63, 3.8) is 0 Å². The summed E-state index contributed by atoms with van der Waals surface area (Å²) in [5.41, 5.74) is -0.566. The van der Waals surface area contributed by atoms with E-state index in [2.05, 4.69) is 31.9 Å². The first kappa shape index (κ1) is 34.6. The Balaban J connectivity index is 1.32. The summed E-state index contributed by atoms with van der Waals surface area (Å²) >= 11 is 0. The molecule has 4 amide bonds. The van der Waals surface area contributed by atoms with Crippen LogP contribution in [0, 0.1) is 11.3 Å². The molecule has 2 saturated carbocycles. The third-order valence-electron chi connectivity index (χ3n) is 9.76. The summed E-state index contributed by atoms with van der Waals surface area (Å²) in [5, 5.41) is 5.58. The fraction of sp³-hybridized carbons (Fsp3) is 0.588. The third kappa shape index (κ3) is 7.36. The topological polar surface area (TPSA) is 186 Å². The van der Waals surface area contributed by atoms with E-state index in [9.17, 15) is 27.6 Å². The zero-order valence-electron chi connectivity index (χ0n) is 28.1. The van der Waals surface area contributed by atoms with Crippen LogP contribution >= 0.6 is 0 Å². The highest BCUT2D eigenvalue weighted by atomic mass is 32.2. The summed E-state index contributed by atoms with van der Waals surface area (Å²) in [7, 11) is -3.88. The van der Waals surface area contributed by atoms with Gasteiger partial charge in [-0.2, -0.15) is 0 Å². The van der Waals surface area contributed by atoms with Crippen molar-refractivity contribution in [3.05, 3.63) is 42.7 Å². The number of rotatable bonds is 6. The lowest BCUT2D eigenvalue weighted by Crippen LogP contribution is -2.60. The molecule has 4 aliphatic rings. The van der Waals surface area contributed by atoms with Gasteiger partial charge in [0.2, 0.25) is 27.7 Å². The molecule has 14 nitrogen and oxygen atoms in total. The fourth-order valence-electron chi connectivity index (χ4n) is 6.63. The molecule has 0 unspecified atom stereocenters. The van der Waals surface area contributed by atoms with Gasteiger partial charge in [-0.3, -0.25) is 19.1 Å². The number of ether oxygens (including phenoxy) is 2. The van der Waals surface area contributed by atoms with E-state index in [1.807, 2.05) is 18.2 Å². The summed E-state index contributed by atoms with van der Waals surface area (Å²) in [6, 6.07) is 3.69. The molecule has 3 N–H and O–H groups in total. The summed E-state index contributed by atoms with van der Waals surface area (Å²) in [6.45, 7) is 9.31. The summed E-state index contributed by atoms with van der Waals surface area (Å²) in [5.74, 6) is -2.21. The van der Waals surface area contributed by atoms with Crippen LogP contribution in [-0.2, 0) is 35.6 Å². The molecule has 15 heteroatoms. The number of fused-ring (bicyclic) bond motifs is 3. The lowest BCUT2D eigenvalue weighted by molar-refractivity contribution is -0.142. The highest BCUT2D eigenvalue weighted by Crippen LogP contribution is 2.45. The Hall–Kier alpha value is -4.27. The number of amides is 4. The summed E-state index contributed by atoms with van der Waals surface area (Å²) in [6.07, 6.45) is 5.73. The Kier molecular flexibility index (Phi) is 9.33. The number of carbonyl (C=O) groups is 4. The quantitative estimate of drug-likeness (QED) is 0.379. The molecule has 5 atom stereocenters. The van der Waals surface area contributed by atoms with Crippen LogP contribution in [0.2, 0.25) is 0 Å². The van der Waals surface area contributed by atoms with Gasteiger partial charge >= 0.3 is 6.09 Å². The number of aryl methyl sites for hydroxylation is 1. The van der Waals surface area contributed by atoms with Crippen molar-refractivity contribution in [3.8, 4) is 5.88 Å². The molecular weight excluding hydrogens is 652 g/mol. The van der Waals surface area contributed by atoms with Crippen LogP contribution in [-0.4, -0.2) is 89.2 Å². The molecule has 264 valence electrons. The molecular formula is C34H44N6O8S. The van der Waals surface area contributed by atoms with Crippen molar-refractivity contribution in [1.29, 1.82) is 0 Å². The summed E-state index contributed by atoms with van der Waals surface area (Å²) < 4.78 is 39.3. The van der Waals surface area contributed by atoms with Gasteiger partial charge in [0.1, 0.15) is 30.1 Å². The third-order valence-corrected chi connectivity index (χ3v) is 11.6. The normalized spacial score (nSPS) is 28.0. The second-order valence-corrected chi connectivity index (χ2v) is 16.5. The highest BCUT2D eigenvalue weighted by molar-refractivity contribution is 7.91. The van der Waals surface area contributed by atoms with Gasteiger partial charge in [-0.05, 0) is 68.1 Å². The van der Waals surface area contributed by atoms with Crippen LogP contribution in [0.3, 0.4) is 0 Å². The Morgan fingerprint density at radius 2 is 1.92 bits per heavy atom. The van der Waals surface area contributed by atoms with Crippen LogP contribution in [0.4, 0.5) is 4.79 Å². The molecule has 0 spiro atoms. The van der Waals surface area contributed by atoms with E-state index in [0.29, 0.717) is 36.0 Å². The average Bonchev–Trinajstić information content (AvgIpc) is 3.97. The van der Waals surface area contributed by atoms with Crippen LogP contribution in [0.1, 0.15) is 71.3 Å². The number of sulfonamides is 1. The minimum atomic E-state index is -3.88. The van der Waals surface area contributed by atoms with Crippen molar-refractivity contribution >= 4 is 44.7 Å². The van der Waals surface area contributed by atoms with E-state index in [-0.39, 0.29) is 26.0 Å². The van der Waals surface area contributed by atoms with Crippen molar-refractivity contribution in [2.45, 2.75) is 101 Å². The second-order valence-electron chi connectivity index (χ2n) is 14.6. The van der Waals surface area contributed by atoms with Crippen LogP contribution in [0.15, 0.2) is 37.2 Å². The number of cyclic esters (lactones) is 1. The second kappa shape index (κ2) is 13.2. The van der Waals surface area contributed by atoms with E-state index in [1.54, 1.807) is 20.8 Å². The molecule has 6 rings (SSSR count). The lowest BCUT2D eigenvalue weighted by atomic mass is 9.85. The Morgan fingerprint density at radius 1 is 1.14 bits per heavy atom. The molecule has 1 saturated heterocycles. The number of benzene rings is 1. The van der Waals surface area contributed by atoms with Gasteiger partial charge in [0.25, 0.3) is 5.91 Å². The zero-order chi connectivity index (χ0) is 35.1. The zero-order valence-corrected chi connectivity index (χ0v) is 28.9. The van der Waals surface area contributed by atoms with E-state index in [4.69, 9.17) is 9.47 Å². The first-order valence-electron chi connectivity index (χ1n) is 16.9. The maximum atomic E-state index is 14.4. The molecule has 1 aromatic heterocycles. The number of hydrogen-bond donors (Lipinski definition) is 3. The first-order chi connectivity index (χ1) is 23.2. The molecule has 4 bridgehead atoms. The first-order valence-corrected chi connectivity index (χ1v) is 18.4. The molecule has 49 heavy (non-hydrogen) atoms. The average molecular weight is 697 g/mol. The van der Waals surface area contributed by atoms with Crippen LogP contribution in [0.5, 0.6) is 5.88 Å². The van der Waals surface area contributed by atoms with Gasteiger partial charge in [0.05, 0.1) is 29.3 Å². The number of hydrogen-bond acceptors (Lipinski definition) is 10.